The molecule has 0 bridgehead atoms. The van der Waals surface area contributed by atoms with Crippen LogP contribution in [-0.4, -0.2) is 108 Å². The van der Waals surface area contributed by atoms with E-state index in [1.807, 2.05) is 53.1 Å². The van der Waals surface area contributed by atoms with Crippen molar-refractivity contribution in [3.8, 4) is 0 Å². The second-order valence-corrected chi connectivity index (χ2v) is 14.7. The molecule has 1 fully saturated rings. The summed E-state index contributed by atoms with van der Waals surface area (Å²) in [7, 11) is 3.87. The highest BCUT2D eigenvalue weighted by atomic mass is 19.4. The lowest BCUT2D eigenvalue weighted by atomic mass is 10.1. The van der Waals surface area contributed by atoms with E-state index in [2.05, 4.69) is 49.4 Å². The lowest BCUT2D eigenvalue weighted by Gasteiger charge is -2.29. The van der Waals surface area contributed by atoms with Gasteiger partial charge >= 0.3 is 12.1 Å². The number of piperidine rings is 1. The maximum Gasteiger partial charge on any atom is 0.416 e. The first-order valence-corrected chi connectivity index (χ1v) is 20.0. The zero-order valence-electron chi connectivity index (χ0n) is 35.6. The third kappa shape index (κ3) is 22.4. The summed E-state index contributed by atoms with van der Waals surface area (Å²) in [5.74, 6) is -0.260. The molecule has 1 aromatic heterocycles. The summed E-state index contributed by atoms with van der Waals surface area (Å²) in [6.07, 6.45) is 4.96. The highest BCUT2D eigenvalue weighted by molar-refractivity contribution is 5.71. The SMILES string of the molecule is CN(CCOCCOCCOCCC(=O)OC(C)(C)C)Cc1cccc(C=O)n1.CNc1ccc(N2CCCCC2)cc1C/C=C\Nc1cccc(C(F)(F)F)c1.NC=O. The van der Waals surface area contributed by atoms with Crippen LogP contribution in [0.2, 0.25) is 0 Å². The molecule has 2 heterocycles. The summed E-state index contributed by atoms with van der Waals surface area (Å²) in [5.41, 5.74) is 8.21. The highest BCUT2D eigenvalue weighted by Crippen LogP contribution is 2.31. The van der Waals surface area contributed by atoms with Crippen LogP contribution in [-0.2, 0) is 47.7 Å². The zero-order valence-corrected chi connectivity index (χ0v) is 35.6. The highest BCUT2D eigenvalue weighted by Gasteiger charge is 2.30. The Hall–Kier alpha value is -5.03. The smallest absolute Gasteiger partial charge is 0.416 e. The van der Waals surface area contributed by atoms with Crippen molar-refractivity contribution in [2.45, 2.75) is 71.2 Å². The Labute approximate surface area is 352 Å². The maximum absolute atomic E-state index is 12.8. The molecule has 0 aliphatic carbocycles. The third-order valence-electron chi connectivity index (χ3n) is 8.59. The number of hydrogen-bond donors (Lipinski definition) is 3. The number of rotatable bonds is 21. The number of likely N-dealkylation sites (N-methyl/N-ethyl adjacent to an activating group) is 1. The molecule has 3 aromatic rings. The van der Waals surface area contributed by atoms with Gasteiger partial charge in [0.2, 0.25) is 6.41 Å². The minimum Gasteiger partial charge on any atom is -0.460 e. The molecule has 2 aromatic carbocycles. The summed E-state index contributed by atoms with van der Waals surface area (Å²) in [6, 6.07) is 17.1. The molecule has 0 atom stereocenters. The number of anilines is 3. The molecule has 1 aliphatic rings. The molecule has 1 saturated heterocycles. The molecule has 0 radical (unpaired) electrons. The van der Waals surface area contributed by atoms with Crippen molar-refractivity contribution in [1.29, 1.82) is 0 Å². The predicted molar refractivity (Wildman–Crippen MR) is 229 cm³/mol. The Kier molecular flexibility index (Phi) is 24.2. The molecule has 4 N–H and O–H groups in total. The van der Waals surface area contributed by atoms with E-state index in [0.717, 1.165) is 55.0 Å². The molecule has 332 valence electrons. The number of benzene rings is 2. The molecule has 0 unspecified atom stereocenters. The summed E-state index contributed by atoms with van der Waals surface area (Å²) in [6.45, 7) is 11.9. The van der Waals surface area contributed by atoms with Crippen molar-refractivity contribution >= 4 is 35.7 Å². The van der Waals surface area contributed by atoms with Gasteiger partial charge in [-0.25, -0.2) is 4.98 Å². The molecule has 1 aliphatic heterocycles. The standard InChI is InChI=1S/C22H26F3N3.C21H34N2O6.CH3NO/c1-26-21-11-10-20(28-13-3-2-4-14-28)15-17(21)7-6-12-27-19-9-5-8-18(16-19)22(23,24)25;1-21(2,3)29-20(25)8-10-26-12-14-28-15-13-27-11-9-23(4)16-18-6-5-7-19(17-24)22-18;2-1-3/h5-6,8-12,15-16,26-27H,2-4,7,13-14H2,1H3;5-7,17H,8-16H2,1-4H3;1H,(H2,2,3)/b12-6-;;. The Morgan fingerprint density at radius 2 is 1.55 bits per heavy atom. The predicted octanol–water partition coefficient (Wildman–Crippen LogP) is 7.11. The van der Waals surface area contributed by atoms with Gasteiger partial charge in [0.1, 0.15) is 11.3 Å². The number of halogens is 3. The second-order valence-electron chi connectivity index (χ2n) is 14.7. The van der Waals surface area contributed by atoms with E-state index < -0.39 is 17.3 Å². The molecule has 0 spiro atoms. The number of carbonyl (C=O) groups excluding carboxylic acids is 3. The number of carbonyl (C=O) groups is 3. The molecule has 1 amide bonds. The number of nitrogens with zero attached hydrogens (tertiary/aromatic N) is 3. The van der Waals surface area contributed by atoms with Crippen LogP contribution in [0, 0.1) is 0 Å². The Morgan fingerprint density at radius 3 is 2.18 bits per heavy atom. The van der Waals surface area contributed by atoms with Gasteiger partial charge < -0.3 is 40.2 Å². The van der Waals surface area contributed by atoms with E-state index in [4.69, 9.17) is 23.7 Å². The minimum absolute atomic E-state index is 0.239. The van der Waals surface area contributed by atoms with Crippen molar-refractivity contribution in [1.82, 2.24) is 9.88 Å². The summed E-state index contributed by atoms with van der Waals surface area (Å²) < 4.78 is 59.9. The van der Waals surface area contributed by atoms with Gasteiger partial charge in [-0.2, -0.15) is 13.2 Å². The van der Waals surface area contributed by atoms with E-state index in [1.54, 1.807) is 18.3 Å². The average Bonchev–Trinajstić information content (AvgIpc) is 3.21. The van der Waals surface area contributed by atoms with Crippen LogP contribution in [0.5, 0.6) is 0 Å². The van der Waals surface area contributed by atoms with Gasteiger partial charge in [-0.15, -0.1) is 0 Å². The number of allylic oxidation sites excluding steroid dienone is 1. The van der Waals surface area contributed by atoms with Gasteiger partial charge in [-0.05, 0) is 114 Å². The molecular weight excluding hydrogens is 782 g/mol. The summed E-state index contributed by atoms with van der Waals surface area (Å²) >= 11 is 0. The minimum atomic E-state index is -4.34. The summed E-state index contributed by atoms with van der Waals surface area (Å²) in [4.78, 5) is 39.6. The van der Waals surface area contributed by atoms with Crippen molar-refractivity contribution in [3.05, 3.63) is 95.5 Å². The normalized spacial score (nSPS) is 12.8. The zero-order chi connectivity index (χ0) is 44.2. The second kappa shape index (κ2) is 28.4. The molecule has 4 rings (SSSR count). The number of aromatic nitrogens is 1. The molecular formula is C44H63F3N6O7. The monoisotopic (exact) mass is 844 g/mol. The number of primary amides is 1. The fourth-order valence-corrected chi connectivity index (χ4v) is 5.79. The number of pyridine rings is 1. The Morgan fingerprint density at radius 1 is 0.900 bits per heavy atom. The number of amides is 1. The first-order valence-electron chi connectivity index (χ1n) is 20.0. The number of alkyl halides is 3. The topological polar surface area (TPSA) is 158 Å². The number of hydrogen-bond acceptors (Lipinski definition) is 12. The quantitative estimate of drug-likeness (QED) is 0.0568. The summed E-state index contributed by atoms with van der Waals surface area (Å²) in [5, 5.41) is 6.14. The van der Waals surface area contributed by atoms with E-state index >= 15 is 0 Å². The van der Waals surface area contributed by atoms with Crippen LogP contribution >= 0.6 is 0 Å². The number of nitrogens with one attached hydrogen (secondary N) is 2. The molecule has 16 heteroatoms. The Bertz CT molecular complexity index is 1720. The third-order valence-corrected chi connectivity index (χ3v) is 8.59. The average molecular weight is 845 g/mol. The largest absolute Gasteiger partial charge is 0.460 e. The van der Waals surface area contributed by atoms with Gasteiger partial charge in [0.05, 0.1) is 57.3 Å². The van der Waals surface area contributed by atoms with E-state index in [1.165, 1.54) is 31.0 Å². The van der Waals surface area contributed by atoms with E-state index in [-0.39, 0.29) is 18.8 Å². The molecule has 0 saturated carbocycles. The number of aldehydes is 1. The lowest BCUT2D eigenvalue weighted by molar-refractivity contribution is -0.156. The Balaban J connectivity index is 0.000000388. The molecule has 13 nitrogen and oxygen atoms in total. The first kappa shape index (κ1) is 51.1. The van der Waals surface area contributed by atoms with Gasteiger partial charge in [-0.1, -0.05) is 18.2 Å². The van der Waals surface area contributed by atoms with Crippen molar-refractivity contribution in [3.63, 3.8) is 0 Å². The number of esters is 1. The van der Waals surface area contributed by atoms with Crippen molar-refractivity contribution in [2.24, 2.45) is 5.73 Å². The van der Waals surface area contributed by atoms with Gasteiger partial charge in [0.25, 0.3) is 0 Å². The van der Waals surface area contributed by atoms with Crippen LogP contribution < -0.4 is 21.3 Å². The fourth-order valence-electron chi connectivity index (χ4n) is 5.79. The van der Waals surface area contributed by atoms with Crippen LogP contribution in [0.1, 0.15) is 73.8 Å². The van der Waals surface area contributed by atoms with Crippen molar-refractivity contribution in [2.75, 3.05) is 88.9 Å². The van der Waals surface area contributed by atoms with E-state index in [0.29, 0.717) is 64.0 Å². The fraction of sp³-hybridized carbons (Fsp3) is 0.500. The van der Waals surface area contributed by atoms with Crippen molar-refractivity contribution < 1.29 is 46.5 Å². The van der Waals surface area contributed by atoms with Gasteiger partial charge in [0.15, 0.2) is 6.29 Å². The van der Waals surface area contributed by atoms with Gasteiger partial charge in [0, 0.05) is 50.3 Å². The molecule has 60 heavy (non-hydrogen) atoms. The number of nitrogens with two attached hydrogens (primary N) is 1. The van der Waals surface area contributed by atoms with Crippen LogP contribution in [0.3, 0.4) is 0 Å². The first-order chi connectivity index (χ1) is 28.7. The van der Waals surface area contributed by atoms with Crippen LogP contribution in [0.15, 0.2) is 72.9 Å². The van der Waals surface area contributed by atoms with E-state index in [9.17, 15) is 22.8 Å². The van der Waals surface area contributed by atoms with Crippen LogP contribution in [0.4, 0.5) is 30.2 Å². The maximum atomic E-state index is 12.8. The number of ether oxygens (including phenoxy) is 4. The van der Waals surface area contributed by atoms with Crippen LogP contribution in [0.25, 0.3) is 0 Å². The lowest BCUT2D eigenvalue weighted by Crippen LogP contribution is -2.29. The van der Waals surface area contributed by atoms with Gasteiger partial charge in [-0.3, -0.25) is 19.3 Å².